The third kappa shape index (κ3) is 2.09. The number of rotatable bonds is 1. The van der Waals surface area contributed by atoms with Gasteiger partial charge in [-0.15, -0.1) is 0 Å². The van der Waals surface area contributed by atoms with Gasteiger partial charge in [0.25, 0.3) is 5.91 Å². The van der Waals surface area contributed by atoms with Crippen LogP contribution in [0.5, 0.6) is 0 Å². The van der Waals surface area contributed by atoms with Gasteiger partial charge in [0.15, 0.2) is 5.69 Å². The van der Waals surface area contributed by atoms with Crippen molar-refractivity contribution in [2.45, 2.75) is 32.2 Å². The van der Waals surface area contributed by atoms with Crippen LogP contribution < -0.4 is 5.32 Å². The van der Waals surface area contributed by atoms with Gasteiger partial charge in [-0.2, -0.15) is 10.2 Å². The molecule has 2 aliphatic rings. The van der Waals surface area contributed by atoms with Crippen molar-refractivity contribution in [1.29, 1.82) is 0 Å². The Morgan fingerprint density at radius 2 is 2.19 bits per heavy atom. The standard InChI is InChI=1S/C14H18N6O/c21-14(12-10-3-1-5-15-13(10)19-18-12)20-6-2-4-11-9(8-20)7-16-17-11/h7H,1-6,8H2,(H,16,17)(H2,15,18,19). The summed E-state index contributed by atoms with van der Waals surface area (Å²) < 4.78 is 0. The normalized spacial score (nSPS) is 17.6. The van der Waals surface area contributed by atoms with Crippen LogP contribution in [-0.2, 0) is 19.4 Å². The van der Waals surface area contributed by atoms with Crippen molar-refractivity contribution in [2.24, 2.45) is 0 Å². The zero-order valence-electron chi connectivity index (χ0n) is 11.8. The van der Waals surface area contributed by atoms with Crippen molar-refractivity contribution in [3.05, 3.63) is 28.7 Å². The number of nitrogens with zero attached hydrogens (tertiary/aromatic N) is 3. The molecule has 7 heteroatoms. The lowest BCUT2D eigenvalue weighted by molar-refractivity contribution is 0.0738. The Kier molecular flexibility index (Phi) is 2.90. The number of aromatic nitrogens is 4. The lowest BCUT2D eigenvalue weighted by atomic mass is 10.1. The van der Waals surface area contributed by atoms with E-state index in [1.165, 1.54) is 0 Å². The van der Waals surface area contributed by atoms with Crippen molar-refractivity contribution in [3.8, 4) is 0 Å². The fraction of sp³-hybridized carbons (Fsp3) is 0.500. The van der Waals surface area contributed by atoms with Gasteiger partial charge in [-0.1, -0.05) is 0 Å². The average Bonchev–Trinajstić information content (AvgIpc) is 3.08. The Balaban J connectivity index is 1.61. The predicted octanol–water partition coefficient (Wildman–Crippen LogP) is 1.08. The fourth-order valence-corrected chi connectivity index (χ4v) is 3.15. The van der Waals surface area contributed by atoms with Crippen LogP contribution >= 0.6 is 0 Å². The molecular weight excluding hydrogens is 268 g/mol. The van der Waals surface area contributed by atoms with Gasteiger partial charge in [-0.3, -0.25) is 15.0 Å². The maximum atomic E-state index is 12.8. The summed E-state index contributed by atoms with van der Waals surface area (Å²) in [6, 6.07) is 0. The zero-order valence-corrected chi connectivity index (χ0v) is 11.8. The number of anilines is 1. The summed E-state index contributed by atoms with van der Waals surface area (Å²) in [6.45, 7) is 2.30. The summed E-state index contributed by atoms with van der Waals surface area (Å²) in [6.07, 6.45) is 5.70. The molecule has 0 saturated carbocycles. The summed E-state index contributed by atoms with van der Waals surface area (Å²) >= 11 is 0. The minimum atomic E-state index is 0.0188. The molecule has 2 aromatic rings. The number of nitrogens with one attached hydrogen (secondary N) is 3. The number of aromatic amines is 2. The average molecular weight is 286 g/mol. The van der Waals surface area contributed by atoms with Crippen molar-refractivity contribution in [1.82, 2.24) is 25.3 Å². The molecule has 0 aromatic carbocycles. The second-order valence-corrected chi connectivity index (χ2v) is 5.64. The Labute approximate surface area is 122 Å². The molecule has 0 radical (unpaired) electrons. The number of aryl methyl sites for hydroxylation is 1. The Hall–Kier alpha value is -2.31. The Bertz CT molecular complexity index is 673. The third-order valence-electron chi connectivity index (χ3n) is 4.27. The first-order chi connectivity index (χ1) is 10.3. The quantitative estimate of drug-likeness (QED) is 0.731. The number of carbonyl (C=O) groups excluding carboxylic acids is 1. The van der Waals surface area contributed by atoms with Gasteiger partial charge < -0.3 is 10.2 Å². The van der Waals surface area contributed by atoms with Crippen molar-refractivity contribution in [2.75, 3.05) is 18.4 Å². The Morgan fingerprint density at radius 3 is 3.14 bits per heavy atom. The number of H-pyrrole nitrogens is 2. The van der Waals surface area contributed by atoms with Crippen LogP contribution in [0.2, 0.25) is 0 Å². The second-order valence-electron chi connectivity index (χ2n) is 5.64. The van der Waals surface area contributed by atoms with Gasteiger partial charge in [-0.05, 0) is 25.7 Å². The summed E-state index contributed by atoms with van der Waals surface area (Å²) in [4.78, 5) is 14.7. The predicted molar refractivity (Wildman–Crippen MR) is 77.0 cm³/mol. The highest BCUT2D eigenvalue weighted by Crippen LogP contribution is 2.25. The first kappa shape index (κ1) is 12.4. The van der Waals surface area contributed by atoms with E-state index in [9.17, 15) is 4.79 Å². The maximum absolute atomic E-state index is 12.8. The van der Waals surface area contributed by atoms with Crippen LogP contribution in [0.1, 0.15) is 40.2 Å². The fourth-order valence-electron chi connectivity index (χ4n) is 3.15. The van der Waals surface area contributed by atoms with Crippen LogP contribution in [0.15, 0.2) is 6.20 Å². The molecule has 0 bridgehead atoms. The molecule has 0 atom stereocenters. The van der Waals surface area contributed by atoms with E-state index in [0.29, 0.717) is 12.2 Å². The molecule has 0 fully saturated rings. The van der Waals surface area contributed by atoms with Crippen LogP contribution in [0.4, 0.5) is 5.82 Å². The van der Waals surface area contributed by atoms with Crippen LogP contribution in [0.3, 0.4) is 0 Å². The molecule has 2 aromatic heterocycles. The number of fused-ring (bicyclic) bond motifs is 2. The lowest BCUT2D eigenvalue weighted by Gasteiger charge is -2.20. The zero-order chi connectivity index (χ0) is 14.2. The van der Waals surface area contributed by atoms with Crippen molar-refractivity contribution < 1.29 is 4.79 Å². The summed E-state index contributed by atoms with van der Waals surface area (Å²) in [5.41, 5.74) is 3.80. The monoisotopic (exact) mass is 286 g/mol. The highest BCUT2D eigenvalue weighted by Gasteiger charge is 2.27. The maximum Gasteiger partial charge on any atom is 0.275 e. The largest absolute Gasteiger partial charge is 0.370 e. The summed E-state index contributed by atoms with van der Waals surface area (Å²) in [7, 11) is 0. The van der Waals surface area contributed by atoms with E-state index in [0.717, 1.165) is 61.4 Å². The van der Waals surface area contributed by atoms with Crippen LogP contribution in [0.25, 0.3) is 0 Å². The number of amides is 1. The molecular formula is C14H18N6O. The van der Waals surface area contributed by atoms with Gasteiger partial charge in [0.2, 0.25) is 0 Å². The SMILES string of the molecule is O=C(c1n[nH]c2c1CCCN2)N1CCCc2n[nH]cc2C1. The smallest absolute Gasteiger partial charge is 0.275 e. The van der Waals surface area contributed by atoms with E-state index in [1.54, 1.807) is 0 Å². The molecule has 4 heterocycles. The lowest BCUT2D eigenvalue weighted by Crippen LogP contribution is -2.31. The van der Waals surface area contributed by atoms with Crippen molar-refractivity contribution >= 4 is 11.7 Å². The third-order valence-corrected chi connectivity index (χ3v) is 4.27. The molecule has 110 valence electrons. The van der Waals surface area contributed by atoms with Crippen molar-refractivity contribution in [3.63, 3.8) is 0 Å². The summed E-state index contributed by atoms with van der Waals surface area (Å²) in [5, 5.41) is 17.6. The topological polar surface area (TPSA) is 89.7 Å². The minimum Gasteiger partial charge on any atom is -0.370 e. The second kappa shape index (κ2) is 4.91. The van der Waals surface area contributed by atoms with E-state index in [2.05, 4.69) is 25.7 Å². The van der Waals surface area contributed by atoms with E-state index in [1.807, 2.05) is 11.1 Å². The molecule has 2 aliphatic heterocycles. The summed E-state index contributed by atoms with van der Waals surface area (Å²) in [5.74, 6) is 0.925. The first-order valence-electron chi connectivity index (χ1n) is 7.45. The van der Waals surface area contributed by atoms with E-state index < -0.39 is 0 Å². The highest BCUT2D eigenvalue weighted by molar-refractivity contribution is 5.95. The number of hydrogen-bond acceptors (Lipinski definition) is 4. The van der Waals surface area contributed by atoms with E-state index >= 15 is 0 Å². The number of hydrogen-bond donors (Lipinski definition) is 3. The molecule has 3 N–H and O–H groups in total. The first-order valence-corrected chi connectivity index (χ1v) is 7.45. The van der Waals surface area contributed by atoms with E-state index in [4.69, 9.17) is 0 Å². The van der Waals surface area contributed by atoms with Gasteiger partial charge in [0, 0.05) is 37.0 Å². The molecule has 1 amide bonds. The van der Waals surface area contributed by atoms with Gasteiger partial charge in [-0.25, -0.2) is 0 Å². The molecule has 0 spiro atoms. The molecule has 4 rings (SSSR count). The van der Waals surface area contributed by atoms with Gasteiger partial charge in [0.05, 0.1) is 5.69 Å². The molecule has 7 nitrogen and oxygen atoms in total. The molecule has 0 aliphatic carbocycles. The number of carbonyl (C=O) groups is 1. The Morgan fingerprint density at radius 1 is 1.24 bits per heavy atom. The van der Waals surface area contributed by atoms with Crippen LogP contribution in [-0.4, -0.2) is 44.3 Å². The highest BCUT2D eigenvalue weighted by atomic mass is 16.2. The van der Waals surface area contributed by atoms with Gasteiger partial charge in [0.1, 0.15) is 5.82 Å². The minimum absolute atomic E-state index is 0.0188. The van der Waals surface area contributed by atoms with Crippen LogP contribution in [0, 0.1) is 0 Å². The molecule has 0 saturated heterocycles. The van der Waals surface area contributed by atoms with E-state index in [-0.39, 0.29) is 5.91 Å². The van der Waals surface area contributed by atoms with Gasteiger partial charge >= 0.3 is 0 Å². The molecule has 21 heavy (non-hydrogen) atoms. The molecule has 0 unspecified atom stereocenters.